The van der Waals surface area contributed by atoms with E-state index in [1.807, 2.05) is 54.6 Å². The lowest BCUT2D eigenvalue weighted by Gasteiger charge is -1.98. The van der Waals surface area contributed by atoms with E-state index in [1.54, 1.807) is 4.68 Å². The van der Waals surface area contributed by atoms with Crippen LogP contribution in [0.15, 0.2) is 59.1 Å². The summed E-state index contributed by atoms with van der Waals surface area (Å²) in [6, 6.07) is 17.2. The zero-order valence-corrected chi connectivity index (χ0v) is 12.2. The molecule has 5 nitrogen and oxygen atoms in total. The van der Waals surface area contributed by atoms with Gasteiger partial charge >= 0.3 is 0 Å². The van der Waals surface area contributed by atoms with E-state index in [4.69, 9.17) is 16.1 Å². The van der Waals surface area contributed by atoms with Crippen molar-refractivity contribution in [1.82, 2.24) is 20.2 Å². The number of nitrogens with zero attached hydrogens (tertiary/aromatic N) is 4. The van der Waals surface area contributed by atoms with Crippen molar-refractivity contribution < 1.29 is 4.52 Å². The first-order valence-corrected chi connectivity index (χ1v) is 7.18. The number of halogens is 1. The van der Waals surface area contributed by atoms with Crippen molar-refractivity contribution in [3.8, 4) is 11.3 Å². The molecule has 0 spiro atoms. The second-order valence-corrected chi connectivity index (χ2v) is 5.30. The fourth-order valence-corrected chi connectivity index (χ4v) is 2.60. The van der Waals surface area contributed by atoms with E-state index in [1.165, 1.54) is 0 Å². The quantitative estimate of drug-likeness (QED) is 0.577. The number of benzene rings is 2. The third-order valence-corrected chi connectivity index (χ3v) is 3.76. The van der Waals surface area contributed by atoms with E-state index >= 15 is 0 Å². The molecule has 0 N–H and O–H groups in total. The van der Waals surface area contributed by atoms with Gasteiger partial charge in [0, 0.05) is 11.6 Å². The van der Waals surface area contributed by atoms with Crippen molar-refractivity contribution in [3.05, 3.63) is 65.4 Å². The smallest absolute Gasteiger partial charge is 0.158 e. The molecule has 6 heteroatoms. The van der Waals surface area contributed by atoms with Gasteiger partial charge in [-0.15, -0.1) is 5.10 Å². The highest BCUT2D eigenvalue weighted by molar-refractivity contribution is 6.33. The summed E-state index contributed by atoms with van der Waals surface area (Å²) in [5.41, 5.74) is 3.37. The fourth-order valence-electron chi connectivity index (χ4n) is 2.37. The average molecular weight is 311 g/mol. The van der Waals surface area contributed by atoms with E-state index in [0.29, 0.717) is 23.0 Å². The van der Waals surface area contributed by atoms with Gasteiger partial charge in [-0.25, -0.2) is 4.68 Å². The van der Waals surface area contributed by atoms with E-state index in [2.05, 4.69) is 15.5 Å². The molecule has 0 saturated heterocycles. The second kappa shape index (κ2) is 5.27. The molecular weight excluding hydrogens is 300 g/mol. The van der Waals surface area contributed by atoms with Crippen molar-refractivity contribution in [3.63, 3.8) is 0 Å². The molecule has 0 aliphatic carbocycles. The molecule has 2 aromatic heterocycles. The first-order chi connectivity index (χ1) is 10.8. The van der Waals surface area contributed by atoms with Crippen LogP contribution < -0.4 is 0 Å². The molecule has 0 unspecified atom stereocenters. The summed E-state index contributed by atoms with van der Waals surface area (Å²) in [5.74, 6) is 0.700. The second-order valence-electron chi connectivity index (χ2n) is 4.89. The number of para-hydroxylation sites is 1. The molecule has 4 rings (SSSR count). The van der Waals surface area contributed by atoms with Crippen LogP contribution in [0.5, 0.6) is 0 Å². The zero-order chi connectivity index (χ0) is 14.9. The van der Waals surface area contributed by atoms with Gasteiger partial charge in [-0.05, 0) is 18.2 Å². The maximum atomic E-state index is 6.18. The summed E-state index contributed by atoms with van der Waals surface area (Å²) >= 11 is 6.18. The minimum atomic E-state index is 0.470. The Hall–Kier alpha value is -2.66. The van der Waals surface area contributed by atoms with E-state index in [9.17, 15) is 0 Å². The lowest BCUT2D eigenvalue weighted by molar-refractivity contribution is 0.373. The Labute approximate surface area is 131 Å². The molecule has 108 valence electrons. The number of rotatable bonds is 3. The number of aromatic nitrogens is 4. The Morgan fingerprint density at radius 3 is 2.77 bits per heavy atom. The highest BCUT2D eigenvalue weighted by atomic mass is 35.5. The van der Waals surface area contributed by atoms with E-state index in [-0.39, 0.29) is 0 Å². The summed E-state index contributed by atoms with van der Waals surface area (Å²) in [7, 11) is 0. The van der Waals surface area contributed by atoms with Crippen LogP contribution in [-0.2, 0) is 6.54 Å². The molecule has 2 heterocycles. The molecule has 2 aromatic carbocycles. The average Bonchev–Trinajstić information content (AvgIpc) is 3.16. The standard InChI is InChI=1S/C16H11ClN4O/c17-13-6-2-1-5-12(13)15-9-11(22-19-15)10-21-16-8-4-3-7-14(16)18-20-21/h1-9H,10H2. The molecule has 0 bridgehead atoms. The van der Waals surface area contributed by atoms with Gasteiger partial charge < -0.3 is 4.52 Å². The Morgan fingerprint density at radius 2 is 1.86 bits per heavy atom. The van der Waals surface area contributed by atoms with E-state index in [0.717, 1.165) is 16.6 Å². The normalized spacial score (nSPS) is 11.1. The van der Waals surface area contributed by atoms with Crippen LogP contribution in [0.4, 0.5) is 0 Å². The third kappa shape index (κ3) is 2.25. The summed E-state index contributed by atoms with van der Waals surface area (Å²) in [5, 5.41) is 13.0. The van der Waals surface area contributed by atoms with Crippen LogP contribution in [0.3, 0.4) is 0 Å². The third-order valence-electron chi connectivity index (χ3n) is 3.43. The van der Waals surface area contributed by atoms with Crippen molar-refractivity contribution in [2.24, 2.45) is 0 Å². The van der Waals surface area contributed by atoms with Crippen LogP contribution in [0.25, 0.3) is 22.3 Å². The largest absolute Gasteiger partial charge is 0.359 e. The van der Waals surface area contributed by atoms with Gasteiger partial charge in [0.15, 0.2) is 5.76 Å². The van der Waals surface area contributed by atoms with Gasteiger partial charge in [-0.1, -0.05) is 52.3 Å². The summed E-state index contributed by atoms with van der Waals surface area (Å²) in [4.78, 5) is 0. The van der Waals surface area contributed by atoms with Crippen LogP contribution >= 0.6 is 11.6 Å². The van der Waals surface area contributed by atoms with Crippen molar-refractivity contribution in [2.75, 3.05) is 0 Å². The molecule has 0 amide bonds. The van der Waals surface area contributed by atoms with Crippen molar-refractivity contribution >= 4 is 22.6 Å². The van der Waals surface area contributed by atoms with Crippen LogP contribution in [0, 0.1) is 0 Å². The molecule has 0 aliphatic rings. The van der Waals surface area contributed by atoms with E-state index < -0.39 is 0 Å². The first-order valence-electron chi connectivity index (χ1n) is 6.80. The van der Waals surface area contributed by atoms with Gasteiger partial charge in [0.05, 0.1) is 10.5 Å². The molecule has 4 aromatic rings. The van der Waals surface area contributed by atoms with Crippen LogP contribution in [0.2, 0.25) is 5.02 Å². The van der Waals surface area contributed by atoms with Gasteiger partial charge in [0.1, 0.15) is 17.8 Å². The molecule has 0 radical (unpaired) electrons. The fraction of sp³-hybridized carbons (Fsp3) is 0.0625. The molecular formula is C16H11ClN4O. The van der Waals surface area contributed by atoms with Gasteiger partial charge in [-0.3, -0.25) is 0 Å². The zero-order valence-electron chi connectivity index (χ0n) is 11.5. The summed E-state index contributed by atoms with van der Waals surface area (Å²) in [6.45, 7) is 0.470. The minimum absolute atomic E-state index is 0.470. The maximum Gasteiger partial charge on any atom is 0.158 e. The van der Waals surface area contributed by atoms with Crippen LogP contribution in [-0.4, -0.2) is 20.2 Å². The maximum absolute atomic E-state index is 6.18. The molecule has 0 saturated carbocycles. The highest BCUT2D eigenvalue weighted by Crippen LogP contribution is 2.27. The van der Waals surface area contributed by atoms with Crippen LogP contribution in [0.1, 0.15) is 5.76 Å². The van der Waals surface area contributed by atoms with Crippen molar-refractivity contribution in [2.45, 2.75) is 6.54 Å². The highest BCUT2D eigenvalue weighted by Gasteiger charge is 2.11. The Bertz CT molecular complexity index is 944. The SMILES string of the molecule is Clc1ccccc1-c1cc(Cn2nnc3ccccc32)on1. The topological polar surface area (TPSA) is 56.7 Å². The monoisotopic (exact) mass is 310 g/mol. The number of hydrogen-bond acceptors (Lipinski definition) is 4. The Kier molecular flexibility index (Phi) is 3.12. The summed E-state index contributed by atoms with van der Waals surface area (Å²) in [6.07, 6.45) is 0. The predicted molar refractivity (Wildman–Crippen MR) is 83.6 cm³/mol. The van der Waals surface area contributed by atoms with Gasteiger partial charge in [0.25, 0.3) is 0 Å². The molecule has 0 aliphatic heterocycles. The number of fused-ring (bicyclic) bond motifs is 1. The predicted octanol–water partition coefficient (Wildman–Crippen LogP) is 3.79. The number of hydrogen-bond donors (Lipinski definition) is 0. The van der Waals surface area contributed by atoms with Gasteiger partial charge in [0.2, 0.25) is 0 Å². The lowest BCUT2D eigenvalue weighted by atomic mass is 10.1. The first kappa shape index (κ1) is 13.0. The summed E-state index contributed by atoms with van der Waals surface area (Å²) < 4.78 is 7.18. The van der Waals surface area contributed by atoms with Crippen molar-refractivity contribution in [1.29, 1.82) is 0 Å². The lowest BCUT2D eigenvalue weighted by Crippen LogP contribution is -2.00. The Balaban J connectivity index is 1.66. The molecule has 0 atom stereocenters. The molecule has 0 fully saturated rings. The Morgan fingerprint density at radius 1 is 1.05 bits per heavy atom. The minimum Gasteiger partial charge on any atom is -0.359 e. The molecule has 22 heavy (non-hydrogen) atoms. The van der Waals surface area contributed by atoms with Gasteiger partial charge in [-0.2, -0.15) is 0 Å².